The normalized spacial score (nSPS) is 8.50. The molecule has 0 radical (unpaired) electrons. The largest absolute Gasteiger partial charge is 0.330 e. The van der Waals surface area contributed by atoms with Crippen molar-refractivity contribution in [3.05, 3.63) is 0 Å². The molecule has 0 heterocycles. The Hall–Kier alpha value is 1.20. The maximum Gasteiger partial charge on any atom is 0.00489 e. The van der Waals surface area contributed by atoms with Crippen molar-refractivity contribution in [3.8, 4) is 0 Å². The van der Waals surface area contributed by atoms with Gasteiger partial charge in [0.25, 0.3) is 0 Å². The average molecular weight is 253 g/mol. The maximum atomic E-state index is 5.33. The minimum absolute atomic E-state index is 0. The summed E-state index contributed by atoms with van der Waals surface area (Å²) in [6, 6.07) is 0. The summed E-state index contributed by atoms with van der Waals surface area (Å²) in [5.74, 6) is 2.34. The molecule has 0 atom stereocenters. The summed E-state index contributed by atoms with van der Waals surface area (Å²) in [6.07, 6.45) is 2.25. The van der Waals surface area contributed by atoms with Crippen molar-refractivity contribution in [2.24, 2.45) is 11.5 Å². The Bertz CT molecular complexity index is 61.5. The zero-order valence-corrected chi connectivity index (χ0v) is 10.3. The van der Waals surface area contributed by atoms with Crippen molar-refractivity contribution in [1.29, 1.82) is 0 Å². The summed E-state index contributed by atoms with van der Waals surface area (Å²) in [4.78, 5) is 0. The van der Waals surface area contributed by atoms with Gasteiger partial charge in [0.15, 0.2) is 0 Å². The fourth-order valence-corrected chi connectivity index (χ4v) is 2.62. The lowest BCUT2D eigenvalue weighted by molar-refractivity contribution is 0.943. The molecule has 4 N–H and O–H groups in total. The van der Waals surface area contributed by atoms with Gasteiger partial charge in [-0.2, -0.15) is 0 Å². The molecule has 0 saturated heterocycles. The monoisotopic (exact) mass is 252 g/mol. The molecule has 0 saturated carbocycles. The lowest BCUT2D eigenvalue weighted by Gasteiger charge is -1.97. The van der Waals surface area contributed by atoms with E-state index in [9.17, 15) is 0 Å². The topological polar surface area (TPSA) is 52.0 Å². The first-order chi connectivity index (χ1) is 4.91. The molecule has 0 rings (SSSR count). The van der Waals surface area contributed by atoms with Crippen molar-refractivity contribution < 1.29 is 0 Å². The van der Waals surface area contributed by atoms with Crippen LogP contribution in [-0.2, 0) is 0 Å². The van der Waals surface area contributed by atoms with Crippen LogP contribution in [0.5, 0.6) is 0 Å². The second-order valence-electron chi connectivity index (χ2n) is 1.93. The first-order valence-corrected chi connectivity index (χ1v) is 6.05. The molecule has 12 heavy (non-hydrogen) atoms. The quantitative estimate of drug-likeness (QED) is 0.537. The Kier molecular flexibility index (Phi) is 28.5. The van der Waals surface area contributed by atoms with Gasteiger partial charge in [0.1, 0.15) is 0 Å². The Morgan fingerprint density at radius 3 is 1.33 bits per heavy atom. The van der Waals surface area contributed by atoms with E-state index in [1.807, 2.05) is 21.6 Å². The fourth-order valence-electron chi connectivity index (χ4n) is 0.402. The summed E-state index contributed by atoms with van der Waals surface area (Å²) >= 11 is 0. The van der Waals surface area contributed by atoms with Crippen LogP contribution < -0.4 is 11.5 Å². The first kappa shape index (κ1) is 18.9. The van der Waals surface area contributed by atoms with Gasteiger partial charge in [-0.3, -0.25) is 0 Å². The van der Waals surface area contributed by atoms with E-state index in [1.165, 1.54) is 11.5 Å². The van der Waals surface area contributed by atoms with E-state index in [1.54, 1.807) is 0 Å². The molecule has 2 nitrogen and oxygen atoms in total. The highest BCUT2D eigenvalue weighted by atomic mass is 35.5. The summed E-state index contributed by atoms with van der Waals surface area (Å²) in [7, 11) is 3.80. The summed E-state index contributed by atoms with van der Waals surface area (Å²) < 4.78 is 0. The number of halogens is 2. The molecular formula is C6H18Cl2N2S2. The molecular weight excluding hydrogens is 235 g/mol. The molecule has 0 aromatic heterocycles. The van der Waals surface area contributed by atoms with Gasteiger partial charge in [-0.25, -0.2) is 0 Å². The minimum atomic E-state index is 0. The lowest BCUT2D eigenvalue weighted by Crippen LogP contribution is -2.00. The zero-order chi connectivity index (χ0) is 7.66. The van der Waals surface area contributed by atoms with Gasteiger partial charge >= 0.3 is 0 Å². The molecule has 0 aromatic carbocycles. The lowest BCUT2D eigenvalue weighted by atomic mass is 10.5. The van der Waals surface area contributed by atoms with Gasteiger partial charge in [-0.15, -0.1) is 24.8 Å². The predicted molar refractivity (Wildman–Crippen MR) is 66.8 cm³/mol. The number of rotatable bonds is 7. The van der Waals surface area contributed by atoms with Gasteiger partial charge in [0, 0.05) is 11.5 Å². The molecule has 0 bridgehead atoms. The van der Waals surface area contributed by atoms with E-state index in [2.05, 4.69) is 0 Å². The fraction of sp³-hybridized carbons (Fsp3) is 1.00. The third-order valence-electron chi connectivity index (χ3n) is 0.947. The minimum Gasteiger partial charge on any atom is -0.330 e. The van der Waals surface area contributed by atoms with Crippen LogP contribution in [-0.4, -0.2) is 24.6 Å². The highest BCUT2D eigenvalue weighted by molar-refractivity contribution is 8.76. The van der Waals surface area contributed by atoms with Crippen LogP contribution in [0.15, 0.2) is 0 Å². The van der Waals surface area contributed by atoms with Crippen LogP contribution in [0.25, 0.3) is 0 Å². The van der Waals surface area contributed by atoms with Crippen molar-refractivity contribution in [1.82, 2.24) is 0 Å². The number of nitrogens with two attached hydrogens (primary N) is 2. The zero-order valence-electron chi connectivity index (χ0n) is 7.03. The van der Waals surface area contributed by atoms with Crippen LogP contribution in [0, 0.1) is 0 Å². The first-order valence-electron chi connectivity index (χ1n) is 3.56. The number of hydrogen-bond donors (Lipinski definition) is 2. The Morgan fingerprint density at radius 1 is 0.750 bits per heavy atom. The van der Waals surface area contributed by atoms with Gasteiger partial charge in [-0.05, 0) is 25.9 Å². The molecule has 0 aliphatic carbocycles. The van der Waals surface area contributed by atoms with Crippen molar-refractivity contribution >= 4 is 46.4 Å². The summed E-state index contributed by atoms with van der Waals surface area (Å²) in [5, 5.41) is 0. The van der Waals surface area contributed by atoms with E-state index >= 15 is 0 Å². The molecule has 0 aliphatic rings. The smallest absolute Gasteiger partial charge is 0.00489 e. The molecule has 0 unspecified atom stereocenters. The van der Waals surface area contributed by atoms with E-state index in [0.717, 1.165) is 25.9 Å². The molecule has 78 valence electrons. The van der Waals surface area contributed by atoms with Gasteiger partial charge < -0.3 is 11.5 Å². The standard InChI is InChI=1S/C6H16N2S2.2ClH/c7-3-1-5-9-10-6-2-4-8;;/h1-8H2;2*1H. The van der Waals surface area contributed by atoms with Crippen LogP contribution in [0.2, 0.25) is 0 Å². The third-order valence-corrected chi connectivity index (χ3v) is 3.52. The van der Waals surface area contributed by atoms with Crippen molar-refractivity contribution in [3.63, 3.8) is 0 Å². The number of hydrogen-bond acceptors (Lipinski definition) is 4. The van der Waals surface area contributed by atoms with E-state index in [0.29, 0.717) is 0 Å². The average Bonchev–Trinajstić information content (AvgIpc) is 1.97. The van der Waals surface area contributed by atoms with Crippen LogP contribution in [0.1, 0.15) is 12.8 Å². The van der Waals surface area contributed by atoms with E-state index in [-0.39, 0.29) is 24.8 Å². The molecule has 0 aliphatic heterocycles. The van der Waals surface area contributed by atoms with Gasteiger partial charge in [0.2, 0.25) is 0 Å². The van der Waals surface area contributed by atoms with Crippen LogP contribution in [0.4, 0.5) is 0 Å². The second-order valence-corrected chi connectivity index (χ2v) is 4.63. The molecule has 6 heteroatoms. The Labute approximate surface area is 95.2 Å². The van der Waals surface area contributed by atoms with Crippen molar-refractivity contribution in [2.75, 3.05) is 24.6 Å². The highest BCUT2D eigenvalue weighted by Crippen LogP contribution is 2.21. The van der Waals surface area contributed by atoms with E-state index < -0.39 is 0 Å². The Morgan fingerprint density at radius 2 is 1.08 bits per heavy atom. The third kappa shape index (κ3) is 17.3. The highest BCUT2D eigenvalue weighted by Gasteiger charge is 1.88. The predicted octanol–water partition coefficient (Wildman–Crippen LogP) is 1.91. The summed E-state index contributed by atoms with van der Waals surface area (Å²) in [6.45, 7) is 1.62. The second kappa shape index (κ2) is 18.1. The van der Waals surface area contributed by atoms with Gasteiger partial charge in [0.05, 0.1) is 0 Å². The van der Waals surface area contributed by atoms with Crippen LogP contribution in [0.3, 0.4) is 0 Å². The summed E-state index contributed by atoms with van der Waals surface area (Å²) in [5.41, 5.74) is 10.7. The van der Waals surface area contributed by atoms with Gasteiger partial charge in [-0.1, -0.05) is 21.6 Å². The van der Waals surface area contributed by atoms with Crippen molar-refractivity contribution in [2.45, 2.75) is 12.8 Å². The molecule has 0 fully saturated rings. The van der Waals surface area contributed by atoms with E-state index in [4.69, 9.17) is 11.5 Å². The molecule has 0 aromatic rings. The maximum absolute atomic E-state index is 5.33. The Balaban J connectivity index is -0.000000405. The molecule has 0 spiro atoms. The SMILES string of the molecule is Cl.Cl.NCCCSSCCCN. The molecule has 0 amide bonds. The van der Waals surface area contributed by atoms with Crippen LogP contribution >= 0.6 is 46.4 Å².